The highest BCUT2D eigenvalue weighted by atomic mass is 33.1. The molecule has 2 N–H and O–H groups in total. The summed E-state index contributed by atoms with van der Waals surface area (Å²) in [5.41, 5.74) is 0. The highest BCUT2D eigenvalue weighted by Gasteiger charge is 2.10. The molecule has 0 aliphatic carbocycles. The van der Waals surface area contributed by atoms with E-state index in [1.54, 1.807) is 0 Å². The van der Waals surface area contributed by atoms with Crippen LogP contribution in [0, 0.1) is 20.2 Å². The van der Waals surface area contributed by atoms with Gasteiger partial charge in [0.15, 0.2) is 0 Å². The Morgan fingerprint density at radius 3 is 1.56 bits per heavy atom. The second kappa shape index (κ2) is 9.99. The predicted octanol–water partition coefficient (Wildman–Crippen LogP) is -0.494. The Hall–Kier alpha value is -0.980. The van der Waals surface area contributed by atoms with Crippen LogP contribution in [0.15, 0.2) is 0 Å². The summed E-state index contributed by atoms with van der Waals surface area (Å²) >= 11 is 0. The third kappa shape index (κ3) is 11.5. The molecule has 0 amide bonds. The molecule has 0 aromatic heterocycles. The van der Waals surface area contributed by atoms with Crippen LogP contribution in [0.25, 0.3) is 0 Å². The molecule has 0 rings (SSSR count). The minimum Gasteiger partial charge on any atom is -0.390 e. The van der Waals surface area contributed by atoms with Gasteiger partial charge in [0.2, 0.25) is 0 Å². The zero-order chi connectivity index (χ0) is 14.0. The first-order valence-corrected chi connectivity index (χ1v) is 7.05. The monoisotopic (exact) mass is 304 g/mol. The molecule has 0 heterocycles. The van der Waals surface area contributed by atoms with Crippen molar-refractivity contribution in [2.24, 2.45) is 0 Å². The molecule has 0 spiro atoms. The molecule has 18 heavy (non-hydrogen) atoms. The van der Waals surface area contributed by atoms with Crippen LogP contribution in [0.1, 0.15) is 0 Å². The predicted molar refractivity (Wildman–Crippen MR) is 62.8 cm³/mol. The van der Waals surface area contributed by atoms with Gasteiger partial charge in [0, 0.05) is 11.5 Å². The molecule has 12 heteroatoms. The molecular weight excluding hydrogens is 292 g/mol. The fourth-order valence-electron chi connectivity index (χ4n) is 0.643. The highest BCUT2D eigenvalue weighted by molar-refractivity contribution is 8.76. The van der Waals surface area contributed by atoms with E-state index in [0.717, 1.165) is 21.6 Å². The lowest BCUT2D eigenvalue weighted by Crippen LogP contribution is -2.21. The van der Waals surface area contributed by atoms with Crippen molar-refractivity contribution in [3.05, 3.63) is 20.2 Å². The quantitative estimate of drug-likeness (QED) is 0.222. The van der Waals surface area contributed by atoms with Crippen LogP contribution < -0.4 is 0 Å². The van der Waals surface area contributed by atoms with Crippen molar-refractivity contribution in [1.29, 1.82) is 0 Å². The second-order valence-corrected chi connectivity index (χ2v) is 5.47. The molecule has 0 saturated carbocycles. The van der Waals surface area contributed by atoms with Crippen LogP contribution in [0.3, 0.4) is 0 Å². The Morgan fingerprint density at radius 2 is 1.28 bits per heavy atom. The number of hydrogen-bond donors (Lipinski definition) is 2. The standard InChI is InChI=1S/C6H12N2O8S2/c9-5(1-15-7(11)12)3-17-18-4-6(10)2-16-8(13)14/h5-6,9-10H,1-4H2. The Kier molecular flexibility index (Phi) is 9.45. The van der Waals surface area contributed by atoms with Crippen LogP contribution in [-0.4, -0.2) is 57.3 Å². The average Bonchev–Trinajstić information content (AvgIpc) is 2.29. The summed E-state index contributed by atoms with van der Waals surface area (Å²) in [6.07, 6.45) is -2.00. The molecule has 0 radical (unpaired) electrons. The summed E-state index contributed by atoms with van der Waals surface area (Å²) in [6, 6.07) is 0. The number of rotatable bonds is 11. The zero-order valence-corrected chi connectivity index (χ0v) is 10.7. The van der Waals surface area contributed by atoms with Gasteiger partial charge in [-0.3, -0.25) is 0 Å². The number of aliphatic hydroxyl groups is 2. The van der Waals surface area contributed by atoms with Crippen molar-refractivity contribution in [3.63, 3.8) is 0 Å². The minimum absolute atomic E-state index is 0.168. The van der Waals surface area contributed by atoms with Crippen molar-refractivity contribution in [2.45, 2.75) is 12.2 Å². The molecule has 0 aromatic carbocycles. The van der Waals surface area contributed by atoms with Gasteiger partial charge in [0.25, 0.3) is 10.2 Å². The van der Waals surface area contributed by atoms with Gasteiger partial charge in [-0.25, -0.2) is 0 Å². The molecule has 0 aromatic rings. The Labute approximate surface area is 109 Å². The highest BCUT2D eigenvalue weighted by Crippen LogP contribution is 2.23. The lowest BCUT2D eigenvalue weighted by atomic mass is 10.4. The number of aliphatic hydroxyl groups excluding tert-OH is 2. The van der Waals surface area contributed by atoms with Gasteiger partial charge in [-0.2, -0.15) is 0 Å². The Balaban J connectivity index is 3.43. The van der Waals surface area contributed by atoms with Gasteiger partial charge in [0.1, 0.15) is 13.2 Å². The molecule has 0 saturated heterocycles. The van der Waals surface area contributed by atoms with Crippen LogP contribution >= 0.6 is 21.6 Å². The van der Waals surface area contributed by atoms with E-state index < -0.39 is 35.6 Å². The second-order valence-electron chi connectivity index (χ2n) is 2.92. The number of hydrogen-bond acceptors (Lipinski definition) is 10. The van der Waals surface area contributed by atoms with Crippen molar-refractivity contribution in [1.82, 2.24) is 0 Å². The average molecular weight is 304 g/mol. The van der Waals surface area contributed by atoms with E-state index >= 15 is 0 Å². The SMILES string of the molecule is O=[N+]([O-])OCC(O)CSSCC(O)CO[N+](=O)[O-]. The summed E-state index contributed by atoms with van der Waals surface area (Å²) in [4.78, 5) is 27.5. The first-order chi connectivity index (χ1) is 8.41. The largest absolute Gasteiger partial charge is 0.390 e. The molecule has 10 nitrogen and oxygen atoms in total. The van der Waals surface area contributed by atoms with E-state index in [1.807, 2.05) is 0 Å². The van der Waals surface area contributed by atoms with Gasteiger partial charge >= 0.3 is 0 Å². The lowest BCUT2D eigenvalue weighted by molar-refractivity contribution is -0.759. The van der Waals surface area contributed by atoms with E-state index in [-0.39, 0.29) is 11.5 Å². The van der Waals surface area contributed by atoms with Gasteiger partial charge in [-0.1, -0.05) is 21.6 Å². The normalized spacial score (nSPS) is 13.7. The van der Waals surface area contributed by atoms with Crippen molar-refractivity contribution >= 4 is 21.6 Å². The maximum atomic E-state index is 9.81. The van der Waals surface area contributed by atoms with Crippen molar-refractivity contribution < 1.29 is 30.1 Å². The lowest BCUT2D eigenvalue weighted by Gasteiger charge is -2.10. The maximum Gasteiger partial charge on any atom is 0.294 e. The zero-order valence-electron chi connectivity index (χ0n) is 9.04. The van der Waals surface area contributed by atoms with Crippen LogP contribution in [0.2, 0.25) is 0 Å². The van der Waals surface area contributed by atoms with E-state index in [9.17, 15) is 30.4 Å². The fraction of sp³-hybridized carbons (Fsp3) is 1.00. The van der Waals surface area contributed by atoms with Crippen molar-refractivity contribution in [3.8, 4) is 0 Å². The molecular formula is C6H12N2O8S2. The van der Waals surface area contributed by atoms with Crippen LogP contribution in [0.5, 0.6) is 0 Å². The smallest absolute Gasteiger partial charge is 0.294 e. The fourth-order valence-corrected chi connectivity index (χ4v) is 2.86. The maximum absolute atomic E-state index is 9.81. The minimum atomic E-state index is -1.00. The molecule has 2 atom stereocenters. The van der Waals surface area contributed by atoms with Gasteiger partial charge < -0.3 is 19.9 Å². The topological polar surface area (TPSA) is 145 Å². The summed E-state index contributed by atoms with van der Waals surface area (Å²) in [6.45, 7) is -0.846. The number of nitrogens with zero attached hydrogens (tertiary/aromatic N) is 2. The molecule has 0 fully saturated rings. The van der Waals surface area contributed by atoms with E-state index in [1.165, 1.54) is 0 Å². The first kappa shape index (κ1) is 17.0. The third-order valence-electron chi connectivity index (χ3n) is 1.35. The molecule has 106 valence electrons. The third-order valence-corrected chi connectivity index (χ3v) is 3.87. The van der Waals surface area contributed by atoms with Gasteiger partial charge in [0.05, 0.1) is 12.2 Å². The Bertz CT molecular complexity index is 242. The Morgan fingerprint density at radius 1 is 0.944 bits per heavy atom. The first-order valence-electron chi connectivity index (χ1n) is 4.57. The van der Waals surface area contributed by atoms with E-state index in [2.05, 4.69) is 9.68 Å². The summed E-state index contributed by atoms with van der Waals surface area (Å²) < 4.78 is 0. The van der Waals surface area contributed by atoms with Crippen LogP contribution in [-0.2, 0) is 9.68 Å². The van der Waals surface area contributed by atoms with E-state index in [4.69, 9.17) is 0 Å². The van der Waals surface area contributed by atoms with Crippen LogP contribution in [0.4, 0.5) is 0 Å². The molecule has 0 aliphatic rings. The van der Waals surface area contributed by atoms with Gasteiger partial charge in [-0.05, 0) is 0 Å². The summed E-state index contributed by atoms with van der Waals surface area (Å²) in [7, 11) is 2.31. The molecule has 0 aliphatic heterocycles. The molecule has 2 unspecified atom stereocenters. The molecule has 0 bridgehead atoms. The summed E-state index contributed by atoms with van der Waals surface area (Å²) in [5.74, 6) is 0.336. The van der Waals surface area contributed by atoms with E-state index in [0.29, 0.717) is 0 Å². The summed E-state index contributed by atoms with van der Waals surface area (Å²) in [5, 5.41) is 36.0. The van der Waals surface area contributed by atoms with Crippen molar-refractivity contribution in [2.75, 3.05) is 24.7 Å². The van der Waals surface area contributed by atoms with Gasteiger partial charge in [-0.15, -0.1) is 20.2 Å².